The first kappa shape index (κ1) is 19.8. The Kier molecular flexibility index (Phi) is 7.05. The maximum Gasteiger partial charge on any atom is 0.344 e. The summed E-state index contributed by atoms with van der Waals surface area (Å²) in [7, 11) is -4.15. The molecule has 0 aliphatic carbocycles. The molecule has 1 aromatic carbocycles. The molecule has 7 nitrogen and oxygen atoms in total. The van der Waals surface area contributed by atoms with Crippen LogP contribution >= 0.6 is 0 Å². The van der Waals surface area contributed by atoms with Crippen LogP contribution in [0.5, 0.6) is 0 Å². The molecule has 0 bridgehead atoms. The molecule has 1 aromatic rings. The van der Waals surface area contributed by atoms with Crippen LogP contribution in [-0.4, -0.2) is 39.6 Å². The predicted molar refractivity (Wildman–Crippen MR) is 83.3 cm³/mol. The lowest BCUT2D eigenvalue weighted by Crippen LogP contribution is -2.25. The van der Waals surface area contributed by atoms with Crippen molar-refractivity contribution >= 4 is 22.0 Å². The number of carbonyl (C=O) groups excluding carboxylic acids is 2. The molecule has 132 valence electrons. The van der Waals surface area contributed by atoms with Gasteiger partial charge in [0.05, 0.1) is 11.7 Å². The van der Waals surface area contributed by atoms with Crippen LogP contribution in [0.4, 0.5) is 4.39 Å². The van der Waals surface area contributed by atoms with Crippen molar-refractivity contribution < 1.29 is 31.9 Å². The second-order valence-corrected chi connectivity index (χ2v) is 6.64. The summed E-state index contributed by atoms with van der Waals surface area (Å²) in [5.74, 6) is -2.75. The van der Waals surface area contributed by atoms with E-state index in [0.717, 1.165) is 18.2 Å². The van der Waals surface area contributed by atoms with E-state index >= 15 is 0 Å². The Hall–Kier alpha value is -2.26. The van der Waals surface area contributed by atoms with Gasteiger partial charge in [-0.05, 0) is 32.0 Å². The van der Waals surface area contributed by atoms with E-state index in [9.17, 15) is 22.4 Å². The van der Waals surface area contributed by atoms with Crippen molar-refractivity contribution in [3.63, 3.8) is 0 Å². The van der Waals surface area contributed by atoms with E-state index in [-0.39, 0.29) is 18.2 Å². The number of nitrogens with one attached hydrogen (secondary N) is 1. The largest absolute Gasteiger partial charge is 0.460 e. The first-order valence-corrected chi connectivity index (χ1v) is 8.42. The summed E-state index contributed by atoms with van der Waals surface area (Å²) in [5, 5.41) is 0. The van der Waals surface area contributed by atoms with E-state index in [4.69, 9.17) is 9.47 Å². The fraction of sp³-hybridized carbons (Fsp3) is 0.333. The number of sulfonamides is 1. The standard InChI is InChI=1S/C15H18FNO6S/c1-4-7-17-24(20,21)13-8-11(5-6-12(13)16)15(19)22-9-14(18)23-10(2)3/h4-6,8,10,17H,1,7,9H2,2-3H3. The molecule has 0 fully saturated rings. The van der Waals surface area contributed by atoms with E-state index in [1.807, 2.05) is 0 Å². The molecule has 0 radical (unpaired) electrons. The molecule has 9 heteroatoms. The third-order valence-corrected chi connectivity index (χ3v) is 4.00. The predicted octanol–water partition coefficient (Wildman–Crippen LogP) is 1.40. The van der Waals surface area contributed by atoms with Crippen molar-refractivity contribution in [2.45, 2.75) is 24.8 Å². The highest BCUT2D eigenvalue weighted by Gasteiger charge is 2.21. The van der Waals surface area contributed by atoms with Crippen molar-refractivity contribution in [2.75, 3.05) is 13.2 Å². The van der Waals surface area contributed by atoms with Gasteiger partial charge in [-0.2, -0.15) is 0 Å². The Balaban J connectivity index is 2.90. The summed E-state index contributed by atoms with van der Waals surface area (Å²) in [6, 6.07) is 2.71. The third kappa shape index (κ3) is 5.74. The summed E-state index contributed by atoms with van der Waals surface area (Å²) >= 11 is 0. The molecular weight excluding hydrogens is 341 g/mol. The number of hydrogen-bond acceptors (Lipinski definition) is 6. The van der Waals surface area contributed by atoms with Crippen molar-refractivity contribution in [1.29, 1.82) is 0 Å². The molecule has 0 heterocycles. The van der Waals surface area contributed by atoms with Crippen LogP contribution in [0.1, 0.15) is 24.2 Å². The molecular formula is C15H18FNO6S. The highest BCUT2D eigenvalue weighted by molar-refractivity contribution is 7.89. The monoisotopic (exact) mass is 359 g/mol. The molecule has 0 amide bonds. The number of hydrogen-bond donors (Lipinski definition) is 1. The number of ether oxygens (including phenoxy) is 2. The summed E-state index contributed by atoms with van der Waals surface area (Å²) in [4.78, 5) is 22.5. The minimum atomic E-state index is -4.15. The lowest BCUT2D eigenvalue weighted by molar-refractivity contribution is -0.150. The second kappa shape index (κ2) is 8.55. The third-order valence-electron chi connectivity index (χ3n) is 2.56. The average molecular weight is 359 g/mol. The van der Waals surface area contributed by atoms with Gasteiger partial charge in [0.2, 0.25) is 10.0 Å². The summed E-state index contributed by atoms with van der Waals surface area (Å²) in [6.07, 6.45) is 0.920. The van der Waals surface area contributed by atoms with Gasteiger partial charge in [0.1, 0.15) is 10.7 Å². The smallest absolute Gasteiger partial charge is 0.344 e. The van der Waals surface area contributed by atoms with Gasteiger partial charge in [0, 0.05) is 6.54 Å². The molecule has 0 saturated heterocycles. The molecule has 0 aliphatic heterocycles. The lowest BCUT2D eigenvalue weighted by Gasteiger charge is -2.10. The molecule has 24 heavy (non-hydrogen) atoms. The van der Waals surface area contributed by atoms with Crippen LogP contribution in [-0.2, 0) is 24.3 Å². The van der Waals surface area contributed by atoms with E-state index in [0.29, 0.717) is 0 Å². The van der Waals surface area contributed by atoms with Crippen LogP contribution < -0.4 is 4.72 Å². The number of rotatable bonds is 8. The van der Waals surface area contributed by atoms with Crippen LogP contribution in [0.3, 0.4) is 0 Å². The van der Waals surface area contributed by atoms with Crippen LogP contribution in [0, 0.1) is 5.82 Å². The van der Waals surface area contributed by atoms with Crippen LogP contribution in [0.2, 0.25) is 0 Å². The molecule has 1 rings (SSSR count). The first-order valence-electron chi connectivity index (χ1n) is 6.94. The molecule has 0 saturated carbocycles. The van der Waals surface area contributed by atoms with E-state index in [1.54, 1.807) is 13.8 Å². The SMILES string of the molecule is C=CCNS(=O)(=O)c1cc(C(=O)OCC(=O)OC(C)C)ccc1F. The van der Waals surface area contributed by atoms with Gasteiger partial charge in [0.25, 0.3) is 0 Å². The number of carbonyl (C=O) groups is 2. The Bertz CT molecular complexity index is 729. The van der Waals surface area contributed by atoms with E-state index in [1.165, 1.54) is 6.08 Å². The zero-order chi connectivity index (χ0) is 18.3. The zero-order valence-corrected chi connectivity index (χ0v) is 14.1. The number of halogens is 1. The minimum absolute atomic E-state index is 0.0997. The fourth-order valence-electron chi connectivity index (χ4n) is 1.59. The van der Waals surface area contributed by atoms with Gasteiger partial charge < -0.3 is 9.47 Å². The zero-order valence-electron chi connectivity index (χ0n) is 13.2. The number of esters is 2. The molecule has 0 atom stereocenters. The fourth-order valence-corrected chi connectivity index (χ4v) is 2.69. The summed E-state index contributed by atoms with van der Waals surface area (Å²) in [6.45, 7) is 5.88. The lowest BCUT2D eigenvalue weighted by atomic mass is 10.2. The summed E-state index contributed by atoms with van der Waals surface area (Å²) < 4.78 is 49.2. The van der Waals surface area contributed by atoms with Crippen molar-refractivity contribution in [2.24, 2.45) is 0 Å². The Morgan fingerprint density at radius 2 is 2.04 bits per heavy atom. The maximum atomic E-state index is 13.7. The average Bonchev–Trinajstić information content (AvgIpc) is 2.50. The molecule has 0 aromatic heterocycles. The summed E-state index contributed by atoms with van der Waals surface area (Å²) in [5.41, 5.74) is -0.215. The van der Waals surface area contributed by atoms with Crippen LogP contribution in [0.25, 0.3) is 0 Å². The van der Waals surface area contributed by atoms with E-state index in [2.05, 4.69) is 11.3 Å². The Labute approximate surface area is 139 Å². The van der Waals surface area contributed by atoms with Crippen molar-refractivity contribution in [1.82, 2.24) is 4.72 Å². The van der Waals surface area contributed by atoms with E-state index < -0.39 is 39.3 Å². The Morgan fingerprint density at radius 1 is 1.38 bits per heavy atom. The van der Waals surface area contributed by atoms with Crippen molar-refractivity contribution in [3.8, 4) is 0 Å². The quantitative estimate of drug-likeness (QED) is 0.556. The highest BCUT2D eigenvalue weighted by atomic mass is 32.2. The van der Waals surface area contributed by atoms with Gasteiger partial charge in [-0.25, -0.2) is 27.1 Å². The highest BCUT2D eigenvalue weighted by Crippen LogP contribution is 2.17. The molecule has 0 spiro atoms. The van der Waals surface area contributed by atoms with Crippen LogP contribution in [0.15, 0.2) is 35.7 Å². The van der Waals surface area contributed by atoms with Gasteiger partial charge in [-0.3, -0.25) is 0 Å². The normalized spacial score (nSPS) is 11.2. The minimum Gasteiger partial charge on any atom is -0.460 e. The van der Waals surface area contributed by atoms with Gasteiger partial charge in [-0.1, -0.05) is 6.08 Å². The van der Waals surface area contributed by atoms with Gasteiger partial charge >= 0.3 is 11.9 Å². The molecule has 0 aliphatic rings. The van der Waals surface area contributed by atoms with Gasteiger partial charge in [-0.15, -0.1) is 6.58 Å². The second-order valence-electron chi connectivity index (χ2n) is 4.90. The van der Waals surface area contributed by atoms with Crippen molar-refractivity contribution in [3.05, 3.63) is 42.2 Å². The van der Waals surface area contributed by atoms with Gasteiger partial charge in [0.15, 0.2) is 6.61 Å². The Morgan fingerprint density at radius 3 is 2.62 bits per heavy atom. The number of benzene rings is 1. The topological polar surface area (TPSA) is 98.8 Å². The first-order chi connectivity index (χ1) is 11.2. The molecule has 0 unspecified atom stereocenters. The maximum absolute atomic E-state index is 13.7. The molecule has 1 N–H and O–H groups in total.